The first-order valence-corrected chi connectivity index (χ1v) is 7.64. The number of rotatable bonds is 6. The predicted octanol–water partition coefficient (Wildman–Crippen LogP) is 0.372. The molecule has 24 heavy (non-hydrogen) atoms. The molecular formula is C14H20FN3O6. The number of aliphatic hydroxyl groups excluding tert-OH is 2. The van der Waals surface area contributed by atoms with Crippen LogP contribution in [0.2, 0.25) is 0 Å². The van der Waals surface area contributed by atoms with Gasteiger partial charge in [-0.15, -0.1) is 0 Å². The number of anilines is 1. The maximum atomic E-state index is 14.0. The van der Waals surface area contributed by atoms with Crippen LogP contribution >= 0.6 is 0 Å². The number of unbranched alkanes of at least 4 members (excludes halogenated alkanes) is 2. The van der Waals surface area contributed by atoms with Crippen LogP contribution in [0.25, 0.3) is 0 Å². The average molecular weight is 345 g/mol. The highest BCUT2D eigenvalue weighted by Crippen LogP contribution is 2.23. The molecule has 134 valence electrons. The zero-order chi connectivity index (χ0) is 17.7. The summed E-state index contributed by atoms with van der Waals surface area (Å²) in [6, 6.07) is 0. The number of hydrogen-bond acceptors (Lipinski definition) is 7. The highest BCUT2D eigenvalue weighted by Gasteiger charge is 2.37. The minimum absolute atomic E-state index is 0.179. The summed E-state index contributed by atoms with van der Waals surface area (Å²) in [7, 11) is 0. The fourth-order valence-electron chi connectivity index (χ4n) is 2.19. The van der Waals surface area contributed by atoms with Gasteiger partial charge in [-0.25, -0.2) is 14.0 Å². The van der Waals surface area contributed by atoms with Gasteiger partial charge in [0.1, 0.15) is 12.2 Å². The molecule has 2 rings (SSSR count). The molecule has 3 N–H and O–H groups in total. The first kappa shape index (κ1) is 18.3. The van der Waals surface area contributed by atoms with Crippen LogP contribution in [0.4, 0.5) is 15.0 Å². The Morgan fingerprint density at radius 1 is 1.54 bits per heavy atom. The van der Waals surface area contributed by atoms with Gasteiger partial charge in [0.05, 0.1) is 19.4 Å². The standard InChI is InChI=1S/C14H20FN3O6/c1-2-3-4-5-23-14(22)17-11-8(15)6-18(13(21)16-11)12-10(20)9(19)7-24-12/h6,9-10,12,19-20H,2-5,7H2,1H3,(H,16,17,21,22)/t9-,10?,12-/m1/s1. The van der Waals surface area contributed by atoms with Gasteiger partial charge in [0.2, 0.25) is 0 Å². The Morgan fingerprint density at radius 2 is 2.29 bits per heavy atom. The molecule has 1 unspecified atom stereocenters. The first-order chi connectivity index (χ1) is 11.4. The van der Waals surface area contributed by atoms with E-state index in [9.17, 15) is 24.2 Å². The summed E-state index contributed by atoms with van der Waals surface area (Å²) < 4.78 is 24.6. The summed E-state index contributed by atoms with van der Waals surface area (Å²) in [4.78, 5) is 26.9. The molecule has 0 bridgehead atoms. The normalized spacial score (nSPS) is 23.2. The van der Waals surface area contributed by atoms with Gasteiger partial charge in [0.25, 0.3) is 0 Å². The van der Waals surface area contributed by atoms with Crippen molar-refractivity contribution in [1.29, 1.82) is 0 Å². The second-order valence-electron chi connectivity index (χ2n) is 5.38. The number of nitrogens with zero attached hydrogens (tertiary/aromatic N) is 2. The summed E-state index contributed by atoms with van der Waals surface area (Å²) >= 11 is 0. The summed E-state index contributed by atoms with van der Waals surface area (Å²) in [6.07, 6.45) is -1.44. The lowest BCUT2D eigenvalue weighted by molar-refractivity contribution is -0.0216. The number of carbonyl (C=O) groups excluding carboxylic acids is 1. The van der Waals surface area contributed by atoms with Gasteiger partial charge in [0.15, 0.2) is 17.9 Å². The third-order valence-corrected chi connectivity index (χ3v) is 3.51. The van der Waals surface area contributed by atoms with Crippen molar-refractivity contribution in [1.82, 2.24) is 9.55 Å². The Hall–Kier alpha value is -2.04. The molecule has 9 nitrogen and oxygen atoms in total. The number of aromatic nitrogens is 2. The molecule has 1 aromatic rings. The van der Waals surface area contributed by atoms with Crippen LogP contribution in [0.5, 0.6) is 0 Å². The zero-order valence-electron chi connectivity index (χ0n) is 13.1. The second-order valence-corrected chi connectivity index (χ2v) is 5.38. The molecule has 10 heteroatoms. The predicted molar refractivity (Wildman–Crippen MR) is 80.0 cm³/mol. The average Bonchev–Trinajstić information content (AvgIpc) is 2.87. The molecule has 0 aliphatic carbocycles. The molecule has 1 fully saturated rings. The van der Waals surface area contributed by atoms with E-state index in [-0.39, 0.29) is 13.2 Å². The van der Waals surface area contributed by atoms with E-state index in [0.717, 1.165) is 19.0 Å². The van der Waals surface area contributed by atoms with E-state index < -0.39 is 41.9 Å². The van der Waals surface area contributed by atoms with E-state index in [0.29, 0.717) is 11.0 Å². The lowest BCUT2D eigenvalue weighted by atomic mass is 10.2. The van der Waals surface area contributed by atoms with Crippen molar-refractivity contribution in [3.63, 3.8) is 0 Å². The minimum atomic E-state index is -1.38. The molecule has 2 heterocycles. The smallest absolute Gasteiger partial charge is 0.412 e. The van der Waals surface area contributed by atoms with E-state index in [2.05, 4.69) is 10.3 Å². The van der Waals surface area contributed by atoms with E-state index in [1.165, 1.54) is 0 Å². The third-order valence-electron chi connectivity index (χ3n) is 3.51. The third kappa shape index (κ3) is 4.28. The first-order valence-electron chi connectivity index (χ1n) is 7.64. The van der Waals surface area contributed by atoms with Crippen molar-refractivity contribution in [2.45, 2.75) is 44.6 Å². The van der Waals surface area contributed by atoms with Crippen molar-refractivity contribution < 1.29 is 28.9 Å². The summed E-state index contributed by atoms with van der Waals surface area (Å²) in [5.41, 5.74) is -0.948. The fourth-order valence-corrected chi connectivity index (χ4v) is 2.19. The number of nitrogens with one attached hydrogen (secondary N) is 1. The van der Waals surface area contributed by atoms with Crippen molar-refractivity contribution in [2.75, 3.05) is 18.5 Å². The molecular weight excluding hydrogens is 325 g/mol. The van der Waals surface area contributed by atoms with Gasteiger partial charge in [0, 0.05) is 0 Å². The minimum Gasteiger partial charge on any atom is -0.449 e. The number of hydrogen-bond donors (Lipinski definition) is 3. The molecule has 1 amide bonds. The maximum Gasteiger partial charge on any atom is 0.412 e. The van der Waals surface area contributed by atoms with Crippen molar-refractivity contribution in [3.05, 3.63) is 22.5 Å². The number of amides is 1. The van der Waals surface area contributed by atoms with Crippen molar-refractivity contribution in [3.8, 4) is 0 Å². The van der Waals surface area contributed by atoms with Crippen LogP contribution in [0, 0.1) is 5.82 Å². The Balaban J connectivity index is 2.04. The van der Waals surface area contributed by atoms with E-state index >= 15 is 0 Å². The van der Waals surface area contributed by atoms with Crippen LogP contribution in [0.3, 0.4) is 0 Å². The second kappa shape index (κ2) is 8.18. The number of ether oxygens (including phenoxy) is 2. The molecule has 1 saturated heterocycles. The molecule has 0 spiro atoms. The topological polar surface area (TPSA) is 123 Å². The van der Waals surface area contributed by atoms with Crippen LogP contribution in [0.15, 0.2) is 11.0 Å². The highest BCUT2D eigenvalue weighted by molar-refractivity contribution is 5.83. The summed E-state index contributed by atoms with van der Waals surface area (Å²) in [5.74, 6) is -1.58. The van der Waals surface area contributed by atoms with Gasteiger partial charge in [-0.2, -0.15) is 4.98 Å². The Kier molecular flexibility index (Phi) is 6.23. The summed E-state index contributed by atoms with van der Waals surface area (Å²) in [6.45, 7) is 1.99. The van der Waals surface area contributed by atoms with Crippen LogP contribution in [-0.4, -0.2) is 51.3 Å². The van der Waals surface area contributed by atoms with Gasteiger partial charge < -0.3 is 19.7 Å². The van der Waals surface area contributed by atoms with Gasteiger partial charge in [-0.3, -0.25) is 9.88 Å². The maximum absolute atomic E-state index is 14.0. The number of halogens is 1. The number of aliphatic hydroxyl groups is 2. The van der Waals surface area contributed by atoms with Gasteiger partial charge in [-0.1, -0.05) is 19.8 Å². The zero-order valence-corrected chi connectivity index (χ0v) is 13.1. The molecule has 3 atom stereocenters. The largest absolute Gasteiger partial charge is 0.449 e. The quantitative estimate of drug-likeness (QED) is 0.637. The number of carbonyl (C=O) groups is 1. The highest BCUT2D eigenvalue weighted by atomic mass is 19.1. The Bertz CT molecular complexity index is 637. The molecule has 1 aromatic heterocycles. The van der Waals surface area contributed by atoms with Crippen LogP contribution in [-0.2, 0) is 9.47 Å². The van der Waals surface area contributed by atoms with Gasteiger partial charge >= 0.3 is 11.8 Å². The lowest BCUT2D eigenvalue weighted by Crippen LogP contribution is -2.35. The van der Waals surface area contributed by atoms with E-state index in [1.54, 1.807) is 0 Å². The van der Waals surface area contributed by atoms with Crippen molar-refractivity contribution >= 4 is 11.9 Å². The Morgan fingerprint density at radius 3 is 2.92 bits per heavy atom. The molecule has 0 saturated carbocycles. The SMILES string of the molecule is CCCCCOC(=O)Nc1nc(=O)n([C@@H]2OC[C@@H](O)C2O)cc1F. The van der Waals surface area contributed by atoms with Crippen LogP contribution < -0.4 is 11.0 Å². The van der Waals surface area contributed by atoms with E-state index in [4.69, 9.17) is 9.47 Å². The molecule has 1 aliphatic heterocycles. The monoisotopic (exact) mass is 345 g/mol. The molecule has 0 radical (unpaired) electrons. The van der Waals surface area contributed by atoms with Crippen molar-refractivity contribution in [2.24, 2.45) is 0 Å². The van der Waals surface area contributed by atoms with E-state index in [1.807, 2.05) is 6.92 Å². The van der Waals surface area contributed by atoms with Gasteiger partial charge in [-0.05, 0) is 6.42 Å². The molecule has 0 aromatic carbocycles. The fraction of sp³-hybridized carbons (Fsp3) is 0.643. The lowest BCUT2D eigenvalue weighted by Gasteiger charge is -2.17. The van der Waals surface area contributed by atoms with Crippen LogP contribution in [0.1, 0.15) is 32.4 Å². The Labute approximate surface area is 137 Å². The molecule has 1 aliphatic rings. The summed E-state index contributed by atoms with van der Waals surface area (Å²) in [5, 5.41) is 21.2.